The van der Waals surface area contributed by atoms with E-state index in [0.29, 0.717) is 29.0 Å². The number of H-pyrrole nitrogens is 2. The van der Waals surface area contributed by atoms with Crippen molar-refractivity contribution in [2.24, 2.45) is 0 Å². The van der Waals surface area contributed by atoms with Gasteiger partial charge in [-0.05, 0) is 22.6 Å². The Bertz CT molecular complexity index is 476. The second-order valence-corrected chi connectivity index (χ2v) is 4.67. The fourth-order valence-corrected chi connectivity index (χ4v) is 2.05. The third kappa shape index (κ3) is 2.71. The van der Waals surface area contributed by atoms with Crippen LogP contribution in [0.3, 0.4) is 0 Å². The maximum Gasteiger partial charge on any atom is 0.325 e. The topological polar surface area (TPSA) is 78.2 Å². The van der Waals surface area contributed by atoms with Gasteiger partial charge in [0.15, 0.2) is 0 Å². The lowest BCUT2D eigenvalue weighted by Gasteiger charge is -2.26. The van der Waals surface area contributed by atoms with E-state index in [4.69, 9.17) is 4.74 Å². The van der Waals surface area contributed by atoms with Crippen molar-refractivity contribution >= 4 is 22.6 Å². The molecule has 6 nitrogen and oxygen atoms in total. The minimum Gasteiger partial charge on any atom is -0.379 e. The summed E-state index contributed by atoms with van der Waals surface area (Å²) in [5, 5.41) is 0. The zero-order valence-corrected chi connectivity index (χ0v) is 10.7. The van der Waals surface area contributed by atoms with Crippen molar-refractivity contribution in [1.29, 1.82) is 0 Å². The molecular formula is C9H12IN3O3. The molecular weight excluding hydrogens is 325 g/mol. The Morgan fingerprint density at radius 3 is 2.62 bits per heavy atom. The number of aromatic amines is 2. The number of nitrogens with one attached hydrogen (secondary N) is 2. The Morgan fingerprint density at radius 2 is 1.94 bits per heavy atom. The van der Waals surface area contributed by atoms with Crippen molar-refractivity contribution in [1.82, 2.24) is 14.9 Å². The number of aromatic nitrogens is 2. The molecule has 0 bridgehead atoms. The van der Waals surface area contributed by atoms with Crippen LogP contribution in [-0.4, -0.2) is 41.2 Å². The number of hydrogen-bond acceptors (Lipinski definition) is 4. The Kier molecular flexibility index (Phi) is 3.77. The lowest BCUT2D eigenvalue weighted by molar-refractivity contribution is 0.0335. The lowest BCUT2D eigenvalue weighted by Crippen LogP contribution is -2.38. The number of hydrogen-bond donors (Lipinski definition) is 2. The van der Waals surface area contributed by atoms with Crippen LogP contribution >= 0.6 is 22.6 Å². The second-order valence-electron chi connectivity index (χ2n) is 3.59. The molecule has 1 aliphatic rings. The van der Waals surface area contributed by atoms with Crippen LogP contribution in [0.1, 0.15) is 5.69 Å². The van der Waals surface area contributed by atoms with Gasteiger partial charge in [0.05, 0.1) is 22.5 Å². The summed E-state index contributed by atoms with van der Waals surface area (Å²) in [7, 11) is 0. The molecule has 88 valence electrons. The Hall–Kier alpha value is -0.670. The first-order valence-electron chi connectivity index (χ1n) is 4.98. The van der Waals surface area contributed by atoms with E-state index in [1.54, 1.807) is 0 Å². The van der Waals surface area contributed by atoms with Gasteiger partial charge >= 0.3 is 5.69 Å². The van der Waals surface area contributed by atoms with Crippen molar-refractivity contribution in [2.45, 2.75) is 6.54 Å². The second kappa shape index (κ2) is 5.11. The largest absolute Gasteiger partial charge is 0.379 e. The molecule has 7 heteroatoms. The summed E-state index contributed by atoms with van der Waals surface area (Å²) in [6.07, 6.45) is 0. The predicted octanol–water partition coefficient (Wildman–Crippen LogP) is -0.500. The molecule has 16 heavy (non-hydrogen) atoms. The summed E-state index contributed by atoms with van der Waals surface area (Å²) in [6, 6.07) is 0. The van der Waals surface area contributed by atoms with E-state index < -0.39 is 5.69 Å². The molecule has 1 aromatic heterocycles. The SMILES string of the molecule is O=c1[nH]c(CN2CCOCC2)c(I)c(=O)[nH]1. The van der Waals surface area contributed by atoms with E-state index in [0.717, 1.165) is 13.1 Å². The van der Waals surface area contributed by atoms with Crippen LogP contribution in [0, 0.1) is 3.57 Å². The molecule has 1 aromatic rings. The van der Waals surface area contributed by atoms with Crippen LogP contribution in [0.2, 0.25) is 0 Å². The van der Waals surface area contributed by atoms with Gasteiger partial charge in [0.1, 0.15) is 0 Å². The highest BCUT2D eigenvalue weighted by Crippen LogP contribution is 2.07. The maximum absolute atomic E-state index is 11.4. The first-order valence-corrected chi connectivity index (χ1v) is 6.06. The Labute approximate surface area is 105 Å². The first-order chi connectivity index (χ1) is 7.66. The maximum atomic E-state index is 11.4. The number of nitrogens with zero attached hydrogens (tertiary/aromatic N) is 1. The van der Waals surface area contributed by atoms with E-state index in [9.17, 15) is 9.59 Å². The molecule has 0 saturated carbocycles. The van der Waals surface area contributed by atoms with Crippen LogP contribution in [0.4, 0.5) is 0 Å². The van der Waals surface area contributed by atoms with Gasteiger partial charge in [-0.25, -0.2) is 4.79 Å². The standard InChI is InChI=1S/C9H12IN3O3/c10-7-6(11-9(15)12-8(7)14)5-13-1-3-16-4-2-13/h1-5H2,(H2,11,12,14,15). The molecule has 0 amide bonds. The smallest absolute Gasteiger partial charge is 0.325 e. The lowest BCUT2D eigenvalue weighted by atomic mass is 10.3. The minimum atomic E-state index is -0.450. The molecule has 1 saturated heterocycles. The van der Waals surface area contributed by atoms with Crippen LogP contribution in [-0.2, 0) is 11.3 Å². The van der Waals surface area contributed by atoms with E-state index in [-0.39, 0.29) is 5.56 Å². The number of rotatable bonds is 2. The van der Waals surface area contributed by atoms with Gasteiger partial charge in [-0.3, -0.25) is 14.7 Å². The monoisotopic (exact) mass is 337 g/mol. The summed E-state index contributed by atoms with van der Waals surface area (Å²) in [5.41, 5.74) is -0.0995. The summed E-state index contributed by atoms with van der Waals surface area (Å²) in [5.74, 6) is 0. The highest BCUT2D eigenvalue weighted by atomic mass is 127. The summed E-state index contributed by atoms with van der Waals surface area (Å²) in [4.78, 5) is 29.5. The van der Waals surface area contributed by atoms with Crippen LogP contribution < -0.4 is 11.2 Å². The van der Waals surface area contributed by atoms with E-state index in [1.807, 2.05) is 22.6 Å². The normalized spacial score (nSPS) is 17.6. The van der Waals surface area contributed by atoms with Crippen LogP contribution in [0.15, 0.2) is 9.59 Å². The average Bonchev–Trinajstić information content (AvgIpc) is 2.27. The van der Waals surface area contributed by atoms with Crippen molar-refractivity contribution in [3.8, 4) is 0 Å². The number of ether oxygens (including phenoxy) is 1. The Morgan fingerprint density at radius 1 is 1.25 bits per heavy atom. The van der Waals surface area contributed by atoms with Gasteiger partial charge in [0.2, 0.25) is 0 Å². The first kappa shape index (κ1) is 11.8. The molecule has 1 aliphatic heterocycles. The summed E-state index contributed by atoms with van der Waals surface area (Å²) < 4.78 is 5.78. The average molecular weight is 337 g/mol. The van der Waals surface area contributed by atoms with Crippen LogP contribution in [0.5, 0.6) is 0 Å². The van der Waals surface area contributed by atoms with Gasteiger partial charge < -0.3 is 9.72 Å². The fourth-order valence-electron chi connectivity index (χ4n) is 1.61. The van der Waals surface area contributed by atoms with Crippen molar-refractivity contribution in [2.75, 3.05) is 26.3 Å². The summed E-state index contributed by atoms with van der Waals surface area (Å²) in [6.45, 7) is 3.63. The molecule has 0 aliphatic carbocycles. The Balaban J connectivity index is 2.20. The van der Waals surface area contributed by atoms with Crippen molar-refractivity contribution in [3.05, 3.63) is 30.1 Å². The van der Waals surface area contributed by atoms with Gasteiger partial charge in [-0.15, -0.1) is 0 Å². The molecule has 0 unspecified atom stereocenters. The molecule has 0 spiro atoms. The molecule has 0 radical (unpaired) electrons. The number of morpholine rings is 1. The summed E-state index contributed by atoms with van der Waals surface area (Å²) >= 11 is 1.95. The molecule has 0 aromatic carbocycles. The van der Waals surface area contributed by atoms with Crippen molar-refractivity contribution < 1.29 is 4.74 Å². The predicted molar refractivity (Wildman–Crippen MR) is 66.5 cm³/mol. The van der Waals surface area contributed by atoms with E-state index >= 15 is 0 Å². The van der Waals surface area contributed by atoms with Crippen molar-refractivity contribution in [3.63, 3.8) is 0 Å². The van der Waals surface area contributed by atoms with Gasteiger partial charge in [0.25, 0.3) is 5.56 Å². The quantitative estimate of drug-likeness (QED) is 0.714. The highest BCUT2D eigenvalue weighted by molar-refractivity contribution is 14.1. The van der Waals surface area contributed by atoms with Crippen LogP contribution in [0.25, 0.3) is 0 Å². The molecule has 2 heterocycles. The van der Waals surface area contributed by atoms with E-state index in [1.165, 1.54) is 0 Å². The zero-order chi connectivity index (χ0) is 11.5. The van der Waals surface area contributed by atoms with Gasteiger partial charge in [-0.1, -0.05) is 0 Å². The molecule has 1 fully saturated rings. The highest BCUT2D eigenvalue weighted by Gasteiger charge is 2.14. The third-order valence-electron chi connectivity index (χ3n) is 2.44. The van der Waals surface area contributed by atoms with Gasteiger partial charge in [0, 0.05) is 19.6 Å². The third-order valence-corrected chi connectivity index (χ3v) is 3.58. The minimum absolute atomic E-state index is 0.326. The number of halogens is 1. The fraction of sp³-hybridized carbons (Fsp3) is 0.556. The zero-order valence-electron chi connectivity index (χ0n) is 8.59. The molecule has 2 rings (SSSR count). The van der Waals surface area contributed by atoms with Gasteiger partial charge in [-0.2, -0.15) is 0 Å². The molecule has 0 atom stereocenters. The van der Waals surface area contributed by atoms with E-state index in [2.05, 4.69) is 14.9 Å². The molecule has 2 N–H and O–H groups in total.